The maximum Gasteiger partial charge on any atom is 0.574 e. The van der Waals surface area contributed by atoms with E-state index in [-0.39, 0.29) is 0 Å². The molecule has 15 heavy (non-hydrogen) atoms. The van der Waals surface area contributed by atoms with E-state index in [9.17, 15) is 17.6 Å². The van der Waals surface area contributed by atoms with Gasteiger partial charge in [-0.1, -0.05) is 0 Å². The van der Waals surface area contributed by atoms with Gasteiger partial charge < -0.3 is 4.74 Å². The fraction of sp³-hybridized carbons (Fsp3) is 0.143. The van der Waals surface area contributed by atoms with E-state index in [2.05, 4.69) is 25.7 Å². The number of pyridine rings is 1. The highest BCUT2D eigenvalue weighted by Crippen LogP contribution is 2.31. The molecule has 3 nitrogen and oxygen atoms in total. The smallest absolute Gasteiger partial charge is 0.387 e. The summed E-state index contributed by atoms with van der Waals surface area (Å²) in [5.74, 6) is -1.93. The molecule has 0 aromatic carbocycles. The normalized spacial score (nSPS) is 10.9. The first kappa shape index (κ1) is 11.7. The molecule has 0 atom stereocenters. The molecule has 0 saturated carbocycles. The number of rotatable bonds is 1. The molecular formula is C7HBrF4N2O. The number of ether oxygens (including phenoxy) is 1. The summed E-state index contributed by atoms with van der Waals surface area (Å²) in [5.41, 5.74) is -0.593. The lowest BCUT2D eigenvalue weighted by molar-refractivity contribution is -0.276. The van der Waals surface area contributed by atoms with E-state index in [0.29, 0.717) is 6.20 Å². The lowest BCUT2D eigenvalue weighted by atomic mass is 10.3. The molecule has 0 radical (unpaired) electrons. The van der Waals surface area contributed by atoms with Crippen molar-refractivity contribution in [1.82, 2.24) is 4.98 Å². The third kappa shape index (κ3) is 2.79. The molecule has 0 aliphatic heterocycles. The summed E-state index contributed by atoms with van der Waals surface area (Å²) >= 11 is 2.59. The molecule has 80 valence electrons. The highest BCUT2D eigenvalue weighted by molar-refractivity contribution is 9.10. The predicted molar refractivity (Wildman–Crippen MR) is 43.3 cm³/mol. The van der Waals surface area contributed by atoms with Gasteiger partial charge >= 0.3 is 6.36 Å². The molecule has 8 heteroatoms. The number of nitriles is 1. The van der Waals surface area contributed by atoms with Gasteiger partial charge in [-0.15, -0.1) is 13.2 Å². The number of hydrogen-bond donors (Lipinski definition) is 0. The number of aromatic nitrogens is 1. The van der Waals surface area contributed by atoms with E-state index in [1.807, 2.05) is 0 Å². The lowest BCUT2D eigenvalue weighted by Crippen LogP contribution is -2.18. The molecular weight excluding hydrogens is 284 g/mol. The van der Waals surface area contributed by atoms with Gasteiger partial charge in [0.1, 0.15) is 16.1 Å². The van der Waals surface area contributed by atoms with Gasteiger partial charge in [-0.05, 0) is 15.9 Å². The highest BCUT2D eigenvalue weighted by atomic mass is 79.9. The van der Waals surface area contributed by atoms with Gasteiger partial charge in [0.15, 0.2) is 5.82 Å². The van der Waals surface area contributed by atoms with Crippen LogP contribution in [0.15, 0.2) is 10.7 Å². The van der Waals surface area contributed by atoms with Gasteiger partial charge in [-0.2, -0.15) is 5.26 Å². The van der Waals surface area contributed by atoms with E-state index < -0.39 is 28.1 Å². The summed E-state index contributed by atoms with van der Waals surface area (Å²) in [4.78, 5) is 3.06. The molecule has 0 amide bonds. The number of alkyl halides is 3. The Morgan fingerprint density at radius 2 is 2.07 bits per heavy atom. The fourth-order valence-corrected chi connectivity index (χ4v) is 1.19. The van der Waals surface area contributed by atoms with Gasteiger partial charge in [0, 0.05) is 0 Å². The molecule has 0 spiro atoms. The van der Waals surface area contributed by atoms with E-state index in [1.165, 1.54) is 6.07 Å². The quantitative estimate of drug-likeness (QED) is 0.745. The van der Waals surface area contributed by atoms with Crippen LogP contribution in [0, 0.1) is 17.1 Å². The van der Waals surface area contributed by atoms with Gasteiger partial charge in [0.2, 0.25) is 5.88 Å². The molecule has 0 N–H and O–H groups in total. The standard InChI is InChI=1S/C7HBrF4N2O/c8-5-3(1-13)4(9)2-14-6(5)15-7(10,11)12/h2H. The zero-order valence-electron chi connectivity index (χ0n) is 6.77. The maximum absolute atomic E-state index is 12.8. The van der Waals surface area contributed by atoms with Gasteiger partial charge in [-0.25, -0.2) is 9.37 Å². The van der Waals surface area contributed by atoms with Crippen molar-refractivity contribution in [2.45, 2.75) is 6.36 Å². The van der Waals surface area contributed by atoms with Crippen LogP contribution in [0.5, 0.6) is 5.88 Å². The Hall–Kier alpha value is -1.36. The minimum atomic E-state index is -4.94. The third-order valence-electron chi connectivity index (χ3n) is 1.27. The second-order valence-corrected chi connectivity index (χ2v) is 3.05. The van der Waals surface area contributed by atoms with Crippen molar-refractivity contribution in [3.05, 3.63) is 22.1 Å². The average molecular weight is 285 g/mol. The Kier molecular flexibility index (Phi) is 3.14. The van der Waals surface area contributed by atoms with Crippen molar-refractivity contribution in [1.29, 1.82) is 5.26 Å². The monoisotopic (exact) mass is 284 g/mol. The Balaban J connectivity index is 3.18. The van der Waals surface area contributed by atoms with Crippen LogP contribution in [0.25, 0.3) is 0 Å². The summed E-state index contributed by atoms with van der Waals surface area (Å²) < 4.78 is 51.2. The molecule has 0 fully saturated rings. The van der Waals surface area contributed by atoms with Crippen LogP contribution in [0.3, 0.4) is 0 Å². The molecule has 1 aromatic rings. The Bertz CT molecular complexity index is 426. The van der Waals surface area contributed by atoms with Crippen LogP contribution in [0.2, 0.25) is 0 Å². The van der Waals surface area contributed by atoms with Crippen molar-refractivity contribution < 1.29 is 22.3 Å². The largest absolute Gasteiger partial charge is 0.574 e. The van der Waals surface area contributed by atoms with Crippen molar-refractivity contribution in [2.24, 2.45) is 0 Å². The number of hydrogen-bond acceptors (Lipinski definition) is 3. The van der Waals surface area contributed by atoms with E-state index in [0.717, 1.165) is 0 Å². The minimum absolute atomic E-state index is 0.470. The summed E-state index contributed by atoms with van der Waals surface area (Å²) in [6.45, 7) is 0. The molecule has 0 bridgehead atoms. The van der Waals surface area contributed by atoms with Crippen LogP contribution >= 0.6 is 15.9 Å². The number of halogens is 5. The van der Waals surface area contributed by atoms with Crippen molar-refractivity contribution in [2.75, 3.05) is 0 Å². The van der Waals surface area contributed by atoms with Crippen molar-refractivity contribution in [3.63, 3.8) is 0 Å². The SMILES string of the molecule is N#Cc1c(F)cnc(OC(F)(F)F)c1Br. The second-order valence-electron chi connectivity index (χ2n) is 2.26. The second kappa shape index (κ2) is 4.02. The van der Waals surface area contributed by atoms with Crippen LogP contribution in [-0.4, -0.2) is 11.3 Å². The molecule has 0 unspecified atom stereocenters. The van der Waals surface area contributed by atoms with Crippen LogP contribution in [-0.2, 0) is 0 Å². The Labute approximate surface area is 89.4 Å². The third-order valence-corrected chi connectivity index (χ3v) is 2.00. The molecule has 1 aromatic heterocycles. The predicted octanol–water partition coefficient (Wildman–Crippen LogP) is 2.75. The van der Waals surface area contributed by atoms with Crippen LogP contribution in [0.4, 0.5) is 17.6 Å². The van der Waals surface area contributed by atoms with Gasteiger partial charge in [-0.3, -0.25) is 0 Å². The zero-order valence-corrected chi connectivity index (χ0v) is 8.36. The lowest BCUT2D eigenvalue weighted by Gasteiger charge is -2.09. The molecule has 0 aliphatic carbocycles. The first-order valence-electron chi connectivity index (χ1n) is 3.35. The van der Waals surface area contributed by atoms with E-state index in [4.69, 9.17) is 5.26 Å². The maximum atomic E-state index is 12.8. The highest BCUT2D eigenvalue weighted by Gasteiger charge is 2.33. The van der Waals surface area contributed by atoms with Gasteiger partial charge in [0.25, 0.3) is 0 Å². The molecule has 0 saturated heterocycles. The molecule has 1 rings (SSSR count). The van der Waals surface area contributed by atoms with Crippen LogP contribution in [0.1, 0.15) is 5.56 Å². The Morgan fingerprint density at radius 3 is 2.53 bits per heavy atom. The van der Waals surface area contributed by atoms with Crippen molar-refractivity contribution in [3.8, 4) is 11.9 Å². The first-order chi connectivity index (χ1) is 6.85. The summed E-state index contributed by atoms with van der Waals surface area (Å²) in [6.07, 6.45) is -4.47. The summed E-state index contributed by atoms with van der Waals surface area (Å²) in [7, 11) is 0. The summed E-state index contributed by atoms with van der Waals surface area (Å²) in [5, 5.41) is 8.44. The number of nitrogens with zero attached hydrogens (tertiary/aromatic N) is 2. The van der Waals surface area contributed by atoms with E-state index in [1.54, 1.807) is 0 Å². The van der Waals surface area contributed by atoms with Crippen molar-refractivity contribution >= 4 is 15.9 Å². The zero-order chi connectivity index (χ0) is 11.6. The average Bonchev–Trinajstić information content (AvgIpc) is 2.09. The van der Waals surface area contributed by atoms with E-state index >= 15 is 0 Å². The minimum Gasteiger partial charge on any atom is -0.387 e. The fourth-order valence-electron chi connectivity index (χ4n) is 0.732. The van der Waals surface area contributed by atoms with Gasteiger partial charge in [0.05, 0.1) is 6.20 Å². The van der Waals surface area contributed by atoms with Crippen LogP contribution < -0.4 is 4.74 Å². The Morgan fingerprint density at radius 1 is 1.47 bits per heavy atom. The molecule has 1 heterocycles. The molecule has 0 aliphatic rings. The first-order valence-corrected chi connectivity index (χ1v) is 4.14. The summed E-state index contributed by atoms with van der Waals surface area (Å²) in [6, 6.07) is 1.38. The topological polar surface area (TPSA) is 45.9 Å².